The second-order valence-corrected chi connectivity index (χ2v) is 5.17. The largest absolute Gasteiger partial charge is 0.508 e. The fraction of sp³-hybridized carbons (Fsp3) is 0.353. The molecule has 1 heterocycles. The molecule has 0 fully saturated rings. The van der Waals surface area contributed by atoms with E-state index in [-0.39, 0.29) is 0 Å². The molecule has 106 valence electrons. The fourth-order valence-corrected chi connectivity index (χ4v) is 2.16. The van der Waals surface area contributed by atoms with Crippen molar-refractivity contribution in [1.29, 1.82) is 0 Å². The molecule has 0 bridgehead atoms. The number of nitrogens with zero attached hydrogens (tertiary/aromatic N) is 1. The zero-order chi connectivity index (χ0) is 14.2. The third kappa shape index (κ3) is 5.02. The minimum Gasteiger partial charge on any atom is -0.508 e. The number of benzene rings is 1. The number of aryl methyl sites for hydroxylation is 1. The van der Waals surface area contributed by atoms with Gasteiger partial charge in [0.2, 0.25) is 0 Å². The van der Waals surface area contributed by atoms with Gasteiger partial charge >= 0.3 is 0 Å². The van der Waals surface area contributed by atoms with Crippen molar-refractivity contribution in [2.24, 2.45) is 0 Å². The molecule has 0 aliphatic rings. The monoisotopic (exact) mass is 270 g/mol. The number of aromatic hydroxyl groups is 1. The van der Waals surface area contributed by atoms with E-state index in [1.54, 1.807) is 18.3 Å². The first-order chi connectivity index (χ1) is 9.74. The van der Waals surface area contributed by atoms with Gasteiger partial charge in [0.25, 0.3) is 0 Å². The van der Waals surface area contributed by atoms with Gasteiger partial charge in [0.1, 0.15) is 5.75 Å². The molecule has 0 aliphatic carbocycles. The molecule has 3 heteroatoms. The molecular formula is C17H22N2O. The molecule has 3 nitrogen and oxygen atoms in total. The van der Waals surface area contributed by atoms with Crippen molar-refractivity contribution < 1.29 is 5.11 Å². The minimum atomic E-state index is 0.330. The van der Waals surface area contributed by atoms with E-state index < -0.39 is 0 Å². The van der Waals surface area contributed by atoms with Crippen LogP contribution in [-0.4, -0.2) is 22.7 Å². The predicted molar refractivity (Wildman–Crippen MR) is 81.8 cm³/mol. The maximum absolute atomic E-state index is 9.24. The fourth-order valence-electron chi connectivity index (χ4n) is 2.16. The van der Waals surface area contributed by atoms with Crippen molar-refractivity contribution in [3.05, 3.63) is 59.9 Å². The lowest BCUT2D eigenvalue weighted by molar-refractivity contribution is 0.474. The number of phenols is 1. The SMILES string of the molecule is CC(CCc1ccc(O)cc1)NCCc1cccnc1. The maximum atomic E-state index is 9.24. The number of phenolic OH excluding ortho intramolecular Hbond substituents is 1. The Morgan fingerprint density at radius 1 is 1.10 bits per heavy atom. The van der Waals surface area contributed by atoms with Gasteiger partial charge < -0.3 is 10.4 Å². The summed E-state index contributed by atoms with van der Waals surface area (Å²) in [6, 6.07) is 12.0. The van der Waals surface area contributed by atoms with Crippen LogP contribution in [0.15, 0.2) is 48.8 Å². The molecular weight excluding hydrogens is 248 g/mol. The molecule has 1 atom stereocenters. The lowest BCUT2D eigenvalue weighted by Crippen LogP contribution is -2.28. The van der Waals surface area contributed by atoms with Crippen LogP contribution in [0.3, 0.4) is 0 Å². The summed E-state index contributed by atoms with van der Waals surface area (Å²) in [6.07, 6.45) is 6.86. The van der Waals surface area contributed by atoms with Crippen LogP contribution < -0.4 is 5.32 Å². The van der Waals surface area contributed by atoms with E-state index in [2.05, 4.69) is 23.3 Å². The average Bonchev–Trinajstić information content (AvgIpc) is 2.48. The normalized spacial score (nSPS) is 12.2. The Morgan fingerprint density at radius 2 is 1.90 bits per heavy atom. The van der Waals surface area contributed by atoms with Gasteiger partial charge in [-0.3, -0.25) is 4.98 Å². The van der Waals surface area contributed by atoms with Gasteiger partial charge in [-0.2, -0.15) is 0 Å². The van der Waals surface area contributed by atoms with Gasteiger partial charge in [0, 0.05) is 18.4 Å². The number of hydrogen-bond donors (Lipinski definition) is 2. The number of rotatable bonds is 7. The third-order valence-corrected chi connectivity index (χ3v) is 3.43. The average molecular weight is 270 g/mol. The van der Waals surface area contributed by atoms with Gasteiger partial charge in [-0.25, -0.2) is 0 Å². The smallest absolute Gasteiger partial charge is 0.115 e. The van der Waals surface area contributed by atoms with Crippen LogP contribution in [0, 0.1) is 0 Å². The topological polar surface area (TPSA) is 45.1 Å². The van der Waals surface area contributed by atoms with Crippen LogP contribution >= 0.6 is 0 Å². The highest BCUT2D eigenvalue weighted by Gasteiger charge is 2.02. The lowest BCUT2D eigenvalue weighted by Gasteiger charge is -2.13. The Morgan fingerprint density at radius 3 is 2.60 bits per heavy atom. The molecule has 2 N–H and O–H groups in total. The Labute approximate surface area is 120 Å². The molecule has 1 aromatic carbocycles. The van der Waals surface area contributed by atoms with E-state index in [1.165, 1.54) is 11.1 Å². The summed E-state index contributed by atoms with van der Waals surface area (Å²) in [5.74, 6) is 0.330. The Kier molecular flexibility index (Phi) is 5.56. The molecule has 0 radical (unpaired) electrons. The Hall–Kier alpha value is -1.87. The number of aromatic nitrogens is 1. The van der Waals surface area contributed by atoms with Gasteiger partial charge in [-0.1, -0.05) is 18.2 Å². The summed E-state index contributed by atoms with van der Waals surface area (Å²) in [5, 5.41) is 12.8. The van der Waals surface area contributed by atoms with Crippen LogP contribution in [0.1, 0.15) is 24.5 Å². The van der Waals surface area contributed by atoms with Crippen LogP contribution in [0.25, 0.3) is 0 Å². The summed E-state index contributed by atoms with van der Waals surface area (Å²) >= 11 is 0. The summed E-state index contributed by atoms with van der Waals surface area (Å²) < 4.78 is 0. The molecule has 1 aromatic heterocycles. The first-order valence-electron chi connectivity index (χ1n) is 7.14. The standard InChI is InChI=1S/C17H22N2O/c1-14(4-5-15-6-8-17(20)9-7-15)19-12-10-16-3-2-11-18-13-16/h2-3,6-9,11,13-14,19-20H,4-5,10,12H2,1H3. The number of hydrogen-bond acceptors (Lipinski definition) is 3. The van der Waals surface area contributed by atoms with Crippen LogP contribution in [0.5, 0.6) is 5.75 Å². The van der Waals surface area contributed by atoms with Gasteiger partial charge in [0.15, 0.2) is 0 Å². The summed E-state index contributed by atoms with van der Waals surface area (Å²) in [5.41, 5.74) is 2.54. The van der Waals surface area contributed by atoms with E-state index in [0.717, 1.165) is 25.8 Å². The lowest BCUT2D eigenvalue weighted by atomic mass is 10.1. The first-order valence-corrected chi connectivity index (χ1v) is 7.14. The van der Waals surface area contributed by atoms with Gasteiger partial charge in [-0.05, 0) is 62.1 Å². The second kappa shape index (κ2) is 7.65. The van der Waals surface area contributed by atoms with Crippen molar-refractivity contribution in [2.75, 3.05) is 6.54 Å². The van der Waals surface area contributed by atoms with Crippen LogP contribution in [0.4, 0.5) is 0 Å². The van der Waals surface area contributed by atoms with Gasteiger partial charge in [0.05, 0.1) is 0 Å². The zero-order valence-corrected chi connectivity index (χ0v) is 11.9. The van der Waals surface area contributed by atoms with E-state index in [4.69, 9.17) is 0 Å². The molecule has 0 amide bonds. The Balaban J connectivity index is 1.65. The minimum absolute atomic E-state index is 0.330. The highest BCUT2D eigenvalue weighted by molar-refractivity contribution is 5.25. The van der Waals surface area contributed by atoms with Crippen molar-refractivity contribution in [3.63, 3.8) is 0 Å². The molecule has 2 aromatic rings. The summed E-state index contributed by atoms with van der Waals surface area (Å²) in [6.45, 7) is 3.19. The summed E-state index contributed by atoms with van der Waals surface area (Å²) in [4.78, 5) is 4.12. The number of pyridine rings is 1. The van der Waals surface area contributed by atoms with Crippen molar-refractivity contribution in [1.82, 2.24) is 10.3 Å². The van der Waals surface area contributed by atoms with Crippen LogP contribution in [0.2, 0.25) is 0 Å². The first kappa shape index (κ1) is 14.5. The highest BCUT2D eigenvalue weighted by Crippen LogP contribution is 2.11. The third-order valence-electron chi connectivity index (χ3n) is 3.43. The van der Waals surface area contributed by atoms with E-state index >= 15 is 0 Å². The van der Waals surface area contributed by atoms with Crippen molar-refractivity contribution in [3.8, 4) is 5.75 Å². The molecule has 0 aliphatic heterocycles. The van der Waals surface area contributed by atoms with Crippen molar-refractivity contribution >= 4 is 0 Å². The number of nitrogens with one attached hydrogen (secondary N) is 1. The van der Waals surface area contributed by atoms with Crippen LogP contribution in [-0.2, 0) is 12.8 Å². The molecule has 20 heavy (non-hydrogen) atoms. The zero-order valence-electron chi connectivity index (χ0n) is 11.9. The highest BCUT2D eigenvalue weighted by atomic mass is 16.3. The molecule has 0 spiro atoms. The Bertz CT molecular complexity index is 496. The molecule has 0 saturated heterocycles. The quantitative estimate of drug-likeness (QED) is 0.813. The predicted octanol–water partition coefficient (Wildman–Crippen LogP) is 2.94. The second-order valence-electron chi connectivity index (χ2n) is 5.17. The summed E-state index contributed by atoms with van der Waals surface area (Å²) in [7, 11) is 0. The van der Waals surface area contributed by atoms with Gasteiger partial charge in [-0.15, -0.1) is 0 Å². The molecule has 0 saturated carbocycles. The van der Waals surface area contributed by atoms with E-state index in [1.807, 2.05) is 24.4 Å². The van der Waals surface area contributed by atoms with Crippen molar-refractivity contribution in [2.45, 2.75) is 32.2 Å². The van der Waals surface area contributed by atoms with E-state index in [0.29, 0.717) is 11.8 Å². The maximum Gasteiger partial charge on any atom is 0.115 e. The van der Waals surface area contributed by atoms with E-state index in [9.17, 15) is 5.11 Å². The molecule has 1 unspecified atom stereocenters. The molecule has 2 rings (SSSR count).